The average molecular weight is 233 g/mol. The normalized spacial score (nSPS) is 12.1. The van der Waals surface area contributed by atoms with E-state index >= 15 is 0 Å². The van der Waals surface area contributed by atoms with Crippen LogP contribution in [0.5, 0.6) is 0 Å². The van der Waals surface area contributed by atoms with Gasteiger partial charge in [-0.15, -0.1) is 0 Å². The van der Waals surface area contributed by atoms with Gasteiger partial charge in [0, 0.05) is 0 Å². The molecule has 1 aromatic carbocycles. The molecule has 1 aromatic rings. The third-order valence-electron chi connectivity index (χ3n) is 3.78. The summed E-state index contributed by atoms with van der Waals surface area (Å²) in [5.74, 6) is 0. The minimum absolute atomic E-state index is 0.274. The minimum Gasteiger partial charge on any atom is -0.304 e. The number of hydrogen-bond donors (Lipinski definition) is 0. The van der Waals surface area contributed by atoms with Gasteiger partial charge >= 0.3 is 0 Å². The fraction of sp³-hybridized carbons (Fsp3) is 0.625. The first-order valence-corrected chi connectivity index (χ1v) is 6.79. The Morgan fingerprint density at radius 2 is 1.53 bits per heavy atom. The van der Waals surface area contributed by atoms with Gasteiger partial charge in [0.15, 0.2) is 0 Å². The summed E-state index contributed by atoms with van der Waals surface area (Å²) in [6, 6.07) is 8.98. The lowest BCUT2D eigenvalue weighted by molar-refractivity contribution is 0.271. The van der Waals surface area contributed by atoms with Gasteiger partial charge in [0.05, 0.1) is 0 Å². The van der Waals surface area contributed by atoms with Gasteiger partial charge in [-0.1, -0.05) is 57.5 Å². The van der Waals surface area contributed by atoms with E-state index in [0.717, 1.165) is 13.1 Å². The predicted molar refractivity (Wildman–Crippen MR) is 76.6 cm³/mol. The number of benzene rings is 1. The highest BCUT2D eigenvalue weighted by Crippen LogP contribution is 2.27. The van der Waals surface area contributed by atoms with Gasteiger partial charge in [0.1, 0.15) is 0 Å². The van der Waals surface area contributed by atoms with E-state index in [1.165, 1.54) is 24.1 Å². The molecule has 17 heavy (non-hydrogen) atoms. The van der Waals surface area contributed by atoms with Crippen molar-refractivity contribution in [3.63, 3.8) is 0 Å². The molecule has 0 aromatic heterocycles. The molecule has 96 valence electrons. The Morgan fingerprint density at radius 1 is 1.00 bits per heavy atom. The van der Waals surface area contributed by atoms with Crippen LogP contribution in [0.2, 0.25) is 0 Å². The van der Waals surface area contributed by atoms with Crippen LogP contribution in [0.15, 0.2) is 24.3 Å². The van der Waals surface area contributed by atoms with Gasteiger partial charge in [-0.05, 0) is 44.0 Å². The molecule has 0 N–H and O–H groups in total. The first-order valence-electron chi connectivity index (χ1n) is 6.79. The van der Waals surface area contributed by atoms with Crippen LogP contribution in [0, 0.1) is 6.92 Å². The van der Waals surface area contributed by atoms with Crippen molar-refractivity contribution in [2.24, 2.45) is 0 Å². The molecule has 0 spiro atoms. The van der Waals surface area contributed by atoms with E-state index in [2.05, 4.69) is 63.8 Å². The zero-order chi connectivity index (χ0) is 12.9. The summed E-state index contributed by atoms with van der Waals surface area (Å²) in [6.07, 6.45) is 1.22. The zero-order valence-corrected chi connectivity index (χ0v) is 12.1. The van der Waals surface area contributed by atoms with E-state index < -0.39 is 0 Å². The molecule has 0 saturated carbocycles. The van der Waals surface area contributed by atoms with E-state index in [4.69, 9.17) is 0 Å². The van der Waals surface area contributed by atoms with Crippen molar-refractivity contribution in [2.45, 2.75) is 46.5 Å². The molecule has 0 fully saturated rings. The van der Waals surface area contributed by atoms with Crippen molar-refractivity contribution in [1.29, 1.82) is 0 Å². The maximum atomic E-state index is 2.50. The highest BCUT2D eigenvalue weighted by atomic mass is 15.1. The fourth-order valence-corrected chi connectivity index (χ4v) is 2.13. The van der Waals surface area contributed by atoms with Crippen molar-refractivity contribution in [1.82, 2.24) is 4.90 Å². The molecule has 1 nitrogen and oxygen atoms in total. The van der Waals surface area contributed by atoms with E-state index in [-0.39, 0.29) is 5.41 Å². The molecule has 0 radical (unpaired) electrons. The standard InChI is InChI=1S/C16H27N/c1-6-17(7-2)13-12-16(4,5)15-10-8-14(3)9-11-15/h8-11H,6-7,12-13H2,1-5H3. The monoisotopic (exact) mass is 233 g/mol. The molecular weight excluding hydrogens is 206 g/mol. The van der Waals surface area contributed by atoms with Crippen molar-refractivity contribution in [3.8, 4) is 0 Å². The predicted octanol–water partition coefficient (Wildman–Crippen LogP) is 4.00. The third kappa shape index (κ3) is 4.16. The third-order valence-corrected chi connectivity index (χ3v) is 3.78. The van der Waals surface area contributed by atoms with Crippen molar-refractivity contribution in [2.75, 3.05) is 19.6 Å². The molecule has 0 aliphatic heterocycles. The maximum Gasteiger partial charge on any atom is -0.00107 e. The largest absolute Gasteiger partial charge is 0.304 e. The average Bonchev–Trinajstić information content (AvgIpc) is 2.31. The van der Waals surface area contributed by atoms with Gasteiger partial charge < -0.3 is 4.90 Å². The van der Waals surface area contributed by atoms with E-state index in [0.29, 0.717) is 0 Å². The number of rotatable bonds is 6. The Kier molecular flexibility index (Phi) is 5.20. The van der Waals surface area contributed by atoms with E-state index in [1.807, 2.05) is 0 Å². The smallest absolute Gasteiger partial charge is 0.00107 e. The molecule has 0 bridgehead atoms. The molecule has 1 heteroatoms. The van der Waals surface area contributed by atoms with Crippen LogP contribution in [0.3, 0.4) is 0 Å². The summed E-state index contributed by atoms with van der Waals surface area (Å²) >= 11 is 0. The van der Waals surface area contributed by atoms with Crippen LogP contribution >= 0.6 is 0 Å². The Balaban J connectivity index is 2.64. The van der Waals surface area contributed by atoms with Crippen molar-refractivity contribution in [3.05, 3.63) is 35.4 Å². The Morgan fingerprint density at radius 3 is 2.00 bits per heavy atom. The highest BCUT2D eigenvalue weighted by molar-refractivity contribution is 5.27. The van der Waals surface area contributed by atoms with Gasteiger partial charge in [-0.2, -0.15) is 0 Å². The van der Waals surface area contributed by atoms with Crippen molar-refractivity contribution < 1.29 is 0 Å². The summed E-state index contributed by atoms with van der Waals surface area (Å²) in [4.78, 5) is 2.50. The van der Waals surface area contributed by atoms with Crippen LogP contribution in [0.1, 0.15) is 45.2 Å². The van der Waals surface area contributed by atoms with Gasteiger partial charge in [-0.3, -0.25) is 0 Å². The lowest BCUT2D eigenvalue weighted by Crippen LogP contribution is -2.29. The van der Waals surface area contributed by atoms with Crippen LogP contribution < -0.4 is 0 Å². The first-order chi connectivity index (χ1) is 7.99. The van der Waals surface area contributed by atoms with Crippen molar-refractivity contribution >= 4 is 0 Å². The SMILES string of the molecule is CCN(CC)CCC(C)(C)c1ccc(C)cc1. The molecule has 0 heterocycles. The molecule has 0 saturated heterocycles. The van der Waals surface area contributed by atoms with E-state index in [1.54, 1.807) is 0 Å². The maximum absolute atomic E-state index is 2.50. The van der Waals surface area contributed by atoms with E-state index in [9.17, 15) is 0 Å². The summed E-state index contributed by atoms with van der Waals surface area (Å²) in [7, 11) is 0. The molecule has 0 atom stereocenters. The van der Waals surface area contributed by atoms with Gasteiger partial charge in [-0.25, -0.2) is 0 Å². The van der Waals surface area contributed by atoms with Crippen LogP contribution in [-0.4, -0.2) is 24.5 Å². The Hall–Kier alpha value is -0.820. The molecule has 0 aliphatic rings. The highest BCUT2D eigenvalue weighted by Gasteiger charge is 2.20. The number of aryl methyl sites for hydroxylation is 1. The van der Waals surface area contributed by atoms with Crippen LogP contribution in [0.25, 0.3) is 0 Å². The lowest BCUT2D eigenvalue weighted by Gasteiger charge is -2.29. The molecule has 0 amide bonds. The van der Waals surface area contributed by atoms with Crippen LogP contribution in [-0.2, 0) is 5.41 Å². The Bertz CT molecular complexity index is 320. The fourth-order valence-electron chi connectivity index (χ4n) is 2.13. The molecule has 0 aliphatic carbocycles. The number of nitrogens with zero attached hydrogens (tertiary/aromatic N) is 1. The minimum atomic E-state index is 0.274. The molecule has 1 rings (SSSR count). The van der Waals surface area contributed by atoms with Gasteiger partial charge in [0.25, 0.3) is 0 Å². The quantitative estimate of drug-likeness (QED) is 0.717. The topological polar surface area (TPSA) is 3.24 Å². The summed E-state index contributed by atoms with van der Waals surface area (Å²) in [5, 5.41) is 0. The zero-order valence-electron chi connectivity index (χ0n) is 12.1. The van der Waals surface area contributed by atoms with Gasteiger partial charge in [0.2, 0.25) is 0 Å². The number of hydrogen-bond acceptors (Lipinski definition) is 1. The second kappa shape index (κ2) is 6.20. The van der Waals surface area contributed by atoms with Crippen LogP contribution in [0.4, 0.5) is 0 Å². The first kappa shape index (κ1) is 14.2. The Labute approximate surface area is 107 Å². The second-order valence-corrected chi connectivity index (χ2v) is 5.53. The summed E-state index contributed by atoms with van der Waals surface area (Å²) in [5.41, 5.74) is 3.07. The summed E-state index contributed by atoms with van der Waals surface area (Å²) in [6.45, 7) is 14.8. The molecule has 0 unspecified atom stereocenters. The second-order valence-electron chi connectivity index (χ2n) is 5.53. The lowest BCUT2D eigenvalue weighted by atomic mass is 9.81. The summed E-state index contributed by atoms with van der Waals surface area (Å²) < 4.78 is 0. The molecular formula is C16H27N.